The SMILES string of the molecule is CCNC(=S)Nc1ccc(CC2CN(CC(=O)O)CCN(CC(=O)O)CCN2CC(=O)O)cc1.CCNC(=S)Nc1ccc(CC2CN(CC(=O)O)CCN(CC(=O)O)CCN2CC(=O)O)cc1. The summed E-state index contributed by atoms with van der Waals surface area (Å²) in [6.07, 6.45) is 1.03. The molecule has 0 bridgehead atoms. The second-order valence-corrected chi connectivity index (χ2v) is 17.2. The Bertz CT molecular complexity index is 1840. The average molecular weight is 991 g/mol. The fraction of sp³-hybridized carbons (Fsp3) is 0.545. The van der Waals surface area contributed by atoms with Crippen LogP contribution in [0.3, 0.4) is 0 Å². The number of hydrogen-bond acceptors (Lipinski definition) is 14. The van der Waals surface area contributed by atoms with Crippen LogP contribution in [0.2, 0.25) is 0 Å². The summed E-state index contributed by atoms with van der Waals surface area (Å²) in [5, 5.41) is 69.3. The van der Waals surface area contributed by atoms with Crippen LogP contribution < -0.4 is 21.3 Å². The first-order chi connectivity index (χ1) is 32.3. The first-order valence-electron chi connectivity index (χ1n) is 22.3. The van der Waals surface area contributed by atoms with Gasteiger partial charge in [-0.05, 0) is 86.5 Å². The fourth-order valence-electron chi connectivity index (χ4n) is 7.89. The molecule has 2 aliphatic heterocycles. The summed E-state index contributed by atoms with van der Waals surface area (Å²) in [7, 11) is 0. The molecule has 4 rings (SSSR count). The topological polar surface area (TPSA) is 291 Å². The van der Waals surface area contributed by atoms with E-state index in [4.69, 9.17) is 24.4 Å². The van der Waals surface area contributed by atoms with E-state index in [1.54, 1.807) is 29.4 Å². The molecule has 2 saturated heterocycles. The Morgan fingerprint density at radius 3 is 1.03 bits per heavy atom. The molecular weight excluding hydrogens is 925 g/mol. The highest BCUT2D eigenvalue weighted by molar-refractivity contribution is 7.80. The summed E-state index contributed by atoms with van der Waals surface area (Å²) in [6.45, 7) is 7.82. The van der Waals surface area contributed by atoms with Crippen molar-refractivity contribution < 1.29 is 59.4 Å². The zero-order valence-corrected chi connectivity index (χ0v) is 40.2. The van der Waals surface area contributed by atoms with Gasteiger partial charge in [0.05, 0.1) is 39.3 Å². The highest BCUT2D eigenvalue weighted by atomic mass is 32.1. The lowest BCUT2D eigenvalue weighted by Crippen LogP contribution is -2.49. The Labute approximate surface area is 406 Å². The Kier molecular flexibility index (Phi) is 25.0. The molecule has 2 aliphatic rings. The lowest BCUT2D eigenvalue weighted by atomic mass is 10.0. The average Bonchev–Trinajstić information content (AvgIpc) is 3.35. The van der Waals surface area contributed by atoms with E-state index in [9.17, 15) is 59.4 Å². The van der Waals surface area contributed by atoms with Gasteiger partial charge >= 0.3 is 35.8 Å². The lowest BCUT2D eigenvalue weighted by Gasteiger charge is -2.33. The normalized spacial score (nSPS) is 18.3. The summed E-state index contributed by atoms with van der Waals surface area (Å²) in [5.74, 6) is -5.91. The van der Waals surface area contributed by atoms with Gasteiger partial charge in [0.2, 0.25) is 0 Å². The van der Waals surface area contributed by atoms with Gasteiger partial charge in [0.25, 0.3) is 0 Å². The third-order valence-electron chi connectivity index (χ3n) is 11.0. The molecule has 2 unspecified atom stereocenters. The molecule has 68 heavy (non-hydrogen) atoms. The molecule has 0 aliphatic carbocycles. The lowest BCUT2D eigenvalue weighted by molar-refractivity contribution is -0.140. The van der Waals surface area contributed by atoms with E-state index in [1.807, 2.05) is 62.4 Å². The minimum atomic E-state index is -0.990. The number of benzene rings is 2. The van der Waals surface area contributed by atoms with Crippen molar-refractivity contribution >= 4 is 81.9 Å². The maximum Gasteiger partial charge on any atom is 0.317 e. The van der Waals surface area contributed by atoms with Crippen molar-refractivity contribution in [2.24, 2.45) is 0 Å². The van der Waals surface area contributed by atoms with E-state index in [0.29, 0.717) is 102 Å². The number of carboxylic acids is 6. The van der Waals surface area contributed by atoms with Crippen LogP contribution in [0.25, 0.3) is 0 Å². The van der Waals surface area contributed by atoms with Gasteiger partial charge in [0.15, 0.2) is 10.2 Å². The summed E-state index contributed by atoms with van der Waals surface area (Å²) in [6, 6.07) is 14.8. The number of hydrogen-bond donors (Lipinski definition) is 10. The van der Waals surface area contributed by atoms with Crippen molar-refractivity contribution in [3.8, 4) is 0 Å². The van der Waals surface area contributed by atoms with E-state index < -0.39 is 35.8 Å². The van der Waals surface area contributed by atoms with Crippen molar-refractivity contribution in [2.45, 2.75) is 38.8 Å². The molecule has 2 atom stereocenters. The molecule has 376 valence electrons. The minimum Gasteiger partial charge on any atom is -0.480 e. The van der Waals surface area contributed by atoms with Gasteiger partial charge in [-0.2, -0.15) is 0 Å². The summed E-state index contributed by atoms with van der Waals surface area (Å²) < 4.78 is 0. The maximum atomic E-state index is 11.6. The van der Waals surface area contributed by atoms with Gasteiger partial charge < -0.3 is 51.9 Å². The number of anilines is 2. The quantitative estimate of drug-likeness (QED) is 0.0791. The van der Waals surface area contributed by atoms with E-state index in [-0.39, 0.29) is 51.4 Å². The maximum absolute atomic E-state index is 11.6. The molecule has 2 fully saturated rings. The molecule has 2 aromatic carbocycles. The fourth-order valence-corrected chi connectivity index (χ4v) is 8.41. The molecule has 2 aromatic rings. The molecule has 0 spiro atoms. The molecule has 2 heterocycles. The predicted octanol–water partition coefficient (Wildman–Crippen LogP) is 0.155. The zero-order chi connectivity index (χ0) is 50.2. The molecule has 10 N–H and O–H groups in total. The molecule has 0 saturated carbocycles. The molecule has 24 heteroatoms. The third kappa shape index (κ3) is 22.9. The highest BCUT2D eigenvalue weighted by Gasteiger charge is 2.30. The second kappa shape index (κ2) is 30.0. The Morgan fingerprint density at radius 2 is 0.735 bits per heavy atom. The van der Waals surface area contributed by atoms with Crippen LogP contribution in [0.4, 0.5) is 11.4 Å². The van der Waals surface area contributed by atoms with E-state index in [2.05, 4.69) is 21.3 Å². The largest absolute Gasteiger partial charge is 0.480 e. The summed E-state index contributed by atoms with van der Waals surface area (Å²) in [5.41, 5.74) is 3.58. The van der Waals surface area contributed by atoms with Crippen molar-refractivity contribution in [3.63, 3.8) is 0 Å². The van der Waals surface area contributed by atoms with Crippen molar-refractivity contribution in [1.82, 2.24) is 40.0 Å². The van der Waals surface area contributed by atoms with E-state index in [0.717, 1.165) is 22.5 Å². The number of rotatable bonds is 20. The van der Waals surface area contributed by atoms with Crippen LogP contribution in [0.15, 0.2) is 48.5 Å². The zero-order valence-electron chi connectivity index (χ0n) is 38.5. The number of thiocarbonyl (C=S) groups is 2. The predicted molar refractivity (Wildman–Crippen MR) is 262 cm³/mol. The number of carboxylic acid groups (broad SMARTS) is 6. The molecule has 22 nitrogen and oxygen atoms in total. The van der Waals surface area contributed by atoms with E-state index in [1.165, 1.54) is 0 Å². The van der Waals surface area contributed by atoms with Crippen LogP contribution in [-0.4, -0.2) is 236 Å². The molecule has 0 radical (unpaired) electrons. The minimum absolute atomic E-state index is 0.185. The number of aliphatic carboxylic acids is 6. The van der Waals surface area contributed by atoms with Gasteiger partial charge in [0, 0.05) is 102 Å². The molecule has 0 amide bonds. The Morgan fingerprint density at radius 1 is 0.456 bits per heavy atom. The van der Waals surface area contributed by atoms with Crippen LogP contribution in [0, 0.1) is 0 Å². The molecule has 0 aromatic heterocycles. The van der Waals surface area contributed by atoms with Gasteiger partial charge in [-0.25, -0.2) is 0 Å². The van der Waals surface area contributed by atoms with Gasteiger partial charge in [-0.1, -0.05) is 24.3 Å². The number of carbonyl (C=O) groups is 6. The smallest absolute Gasteiger partial charge is 0.317 e. The van der Waals surface area contributed by atoms with Crippen LogP contribution in [0.1, 0.15) is 25.0 Å². The third-order valence-corrected chi connectivity index (χ3v) is 11.5. The highest BCUT2D eigenvalue weighted by Crippen LogP contribution is 2.18. The van der Waals surface area contributed by atoms with Crippen LogP contribution in [-0.2, 0) is 41.6 Å². The Balaban J connectivity index is 0.000000360. The number of nitrogens with one attached hydrogen (secondary N) is 4. The van der Waals surface area contributed by atoms with Gasteiger partial charge in [0.1, 0.15) is 0 Å². The van der Waals surface area contributed by atoms with Crippen LogP contribution >= 0.6 is 24.4 Å². The van der Waals surface area contributed by atoms with Crippen LogP contribution in [0.5, 0.6) is 0 Å². The first kappa shape index (κ1) is 56.7. The van der Waals surface area contributed by atoms with Crippen molar-refractivity contribution in [1.29, 1.82) is 0 Å². The van der Waals surface area contributed by atoms with Gasteiger partial charge in [-0.15, -0.1) is 0 Å². The van der Waals surface area contributed by atoms with Crippen molar-refractivity contribution in [3.05, 3.63) is 59.7 Å². The summed E-state index contributed by atoms with van der Waals surface area (Å²) in [4.78, 5) is 79.0. The second-order valence-electron chi connectivity index (χ2n) is 16.4. The van der Waals surface area contributed by atoms with E-state index >= 15 is 0 Å². The monoisotopic (exact) mass is 990 g/mol. The first-order valence-corrected chi connectivity index (χ1v) is 23.1. The molecular formula is C44H66N10O12S2. The number of nitrogens with zero attached hydrogens (tertiary/aromatic N) is 6. The standard InChI is InChI=1S/2C22H33N5O6S/c2*1-2-23-22(34)24-17-5-3-16(4-6-17)11-18-12-26(14-20(30)31)8-7-25(13-19(28)29)9-10-27(18)15-21(32)33/h2*3-6,18H,2,7-15H2,1H3,(H,28,29)(H,30,31)(H,32,33)(H2,23,24,34). The van der Waals surface area contributed by atoms with Gasteiger partial charge in [-0.3, -0.25) is 58.2 Å². The Hall–Kier alpha value is -5.60. The van der Waals surface area contributed by atoms with Crippen molar-refractivity contribution in [2.75, 3.05) is 128 Å². The summed E-state index contributed by atoms with van der Waals surface area (Å²) >= 11 is 10.4.